The van der Waals surface area contributed by atoms with Gasteiger partial charge in [0.25, 0.3) is 0 Å². The van der Waals surface area contributed by atoms with Gasteiger partial charge in [0.2, 0.25) is 0 Å². The zero-order valence-electron chi connectivity index (χ0n) is 19.0. The van der Waals surface area contributed by atoms with E-state index in [4.69, 9.17) is 0 Å². The monoisotopic (exact) mass is 508 g/mol. The lowest BCUT2D eigenvalue weighted by molar-refractivity contribution is 1.61. The van der Waals surface area contributed by atoms with Crippen molar-refractivity contribution in [2.75, 3.05) is 0 Å². The highest BCUT2D eigenvalue weighted by Crippen LogP contribution is 2.35. The summed E-state index contributed by atoms with van der Waals surface area (Å²) in [5.74, 6) is 0. The van der Waals surface area contributed by atoms with Crippen molar-refractivity contribution in [3.8, 4) is 22.3 Å². The lowest BCUT2D eigenvalue weighted by Crippen LogP contribution is -1.84. The molecule has 35 heavy (non-hydrogen) atoms. The van der Waals surface area contributed by atoms with Crippen LogP contribution in [-0.2, 0) is 0 Å². The Morgan fingerprint density at radius 3 is 1.57 bits per heavy atom. The van der Waals surface area contributed by atoms with E-state index in [1.807, 2.05) is 0 Å². The molecule has 0 saturated heterocycles. The first-order valence-corrected chi connectivity index (χ1v) is 12.7. The summed E-state index contributed by atoms with van der Waals surface area (Å²) in [4.78, 5) is 0. The van der Waals surface area contributed by atoms with E-state index in [0.29, 0.717) is 0 Å². The summed E-state index contributed by atoms with van der Waals surface area (Å²) < 4.78 is 1.10. The molecular weight excluding hydrogens is 488 g/mol. The minimum atomic E-state index is 1.10. The molecular formula is C34H21Br. The molecule has 0 atom stereocenters. The van der Waals surface area contributed by atoms with Crippen LogP contribution in [-0.4, -0.2) is 0 Å². The van der Waals surface area contributed by atoms with Crippen molar-refractivity contribution in [2.24, 2.45) is 0 Å². The molecule has 164 valence electrons. The first-order valence-electron chi connectivity index (χ1n) is 11.9. The number of benzene rings is 7. The molecule has 0 aliphatic rings. The van der Waals surface area contributed by atoms with E-state index in [2.05, 4.69) is 143 Å². The van der Waals surface area contributed by atoms with Crippen LogP contribution in [0.25, 0.3) is 65.3 Å². The van der Waals surface area contributed by atoms with Gasteiger partial charge in [0, 0.05) is 4.47 Å². The highest BCUT2D eigenvalue weighted by molar-refractivity contribution is 9.10. The van der Waals surface area contributed by atoms with Crippen LogP contribution < -0.4 is 0 Å². The smallest absolute Gasteiger partial charge is 0.0181 e. The van der Waals surface area contributed by atoms with Gasteiger partial charge in [-0.25, -0.2) is 0 Å². The maximum Gasteiger partial charge on any atom is 0.0181 e. The largest absolute Gasteiger partial charge is 0.0616 e. The van der Waals surface area contributed by atoms with Crippen LogP contribution in [0.5, 0.6) is 0 Å². The minimum absolute atomic E-state index is 1.10. The molecule has 0 aliphatic carbocycles. The van der Waals surface area contributed by atoms with Crippen LogP contribution in [0.4, 0.5) is 0 Å². The van der Waals surface area contributed by atoms with E-state index in [9.17, 15) is 0 Å². The van der Waals surface area contributed by atoms with Crippen LogP contribution in [0.15, 0.2) is 132 Å². The minimum Gasteiger partial charge on any atom is -0.0616 e. The maximum absolute atomic E-state index is 3.59. The Morgan fingerprint density at radius 2 is 0.857 bits per heavy atom. The highest BCUT2D eigenvalue weighted by Gasteiger charge is 2.08. The molecule has 0 nitrogen and oxygen atoms in total. The third kappa shape index (κ3) is 3.51. The number of hydrogen-bond acceptors (Lipinski definition) is 0. The van der Waals surface area contributed by atoms with Gasteiger partial charge in [-0.2, -0.15) is 0 Å². The van der Waals surface area contributed by atoms with Gasteiger partial charge in [-0.15, -0.1) is 0 Å². The highest BCUT2D eigenvalue weighted by atomic mass is 79.9. The average Bonchev–Trinajstić information content (AvgIpc) is 2.92. The number of fused-ring (bicyclic) bond motifs is 6. The van der Waals surface area contributed by atoms with Crippen molar-refractivity contribution in [3.05, 3.63) is 132 Å². The molecule has 0 bridgehead atoms. The Balaban J connectivity index is 1.36. The molecule has 0 amide bonds. The van der Waals surface area contributed by atoms with Gasteiger partial charge in [0.05, 0.1) is 0 Å². The quantitative estimate of drug-likeness (QED) is 0.203. The standard InChI is InChI=1S/C34H21Br/c35-30-6-3-5-24(20-30)25-10-11-27-19-28(13-12-26(27)18-25)29-9-8-23-15-16-32-31-7-2-1-4-22(31)14-17-33(32)34(23)21-29/h1-21H. The number of halogens is 1. The first kappa shape index (κ1) is 20.4. The fraction of sp³-hybridized carbons (Fsp3) is 0. The van der Waals surface area contributed by atoms with Crippen molar-refractivity contribution in [3.63, 3.8) is 0 Å². The summed E-state index contributed by atoms with van der Waals surface area (Å²) in [6.45, 7) is 0. The van der Waals surface area contributed by atoms with E-state index < -0.39 is 0 Å². The second-order valence-corrected chi connectivity index (χ2v) is 10.1. The van der Waals surface area contributed by atoms with Gasteiger partial charge in [0.1, 0.15) is 0 Å². The van der Waals surface area contributed by atoms with E-state index in [1.165, 1.54) is 65.3 Å². The molecule has 7 aromatic rings. The van der Waals surface area contributed by atoms with Gasteiger partial charge in [-0.1, -0.05) is 113 Å². The predicted molar refractivity (Wildman–Crippen MR) is 155 cm³/mol. The molecule has 0 unspecified atom stereocenters. The topological polar surface area (TPSA) is 0 Å². The molecule has 1 heteroatoms. The summed E-state index contributed by atoms with van der Waals surface area (Å²) >= 11 is 3.59. The average molecular weight is 509 g/mol. The zero-order valence-corrected chi connectivity index (χ0v) is 20.6. The lowest BCUT2D eigenvalue weighted by Gasteiger charge is -2.11. The normalized spacial score (nSPS) is 11.6. The molecule has 0 radical (unpaired) electrons. The van der Waals surface area contributed by atoms with Crippen molar-refractivity contribution >= 4 is 59.0 Å². The van der Waals surface area contributed by atoms with E-state index in [-0.39, 0.29) is 0 Å². The van der Waals surface area contributed by atoms with E-state index in [0.717, 1.165) is 4.47 Å². The molecule has 0 saturated carbocycles. The van der Waals surface area contributed by atoms with Crippen molar-refractivity contribution in [1.82, 2.24) is 0 Å². The fourth-order valence-electron chi connectivity index (χ4n) is 5.27. The Labute approximate surface area is 212 Å². The predicted octanol–water partition coefficient (Wildman–Crippen LogP) is 10.4. The third-order valence-corrected chi connectivity index (χ3v) is 7.57. The molecule has 0 aliphatic heterocycles. The molecule has 0 heterocycles. The summed E-state index contributed by atoms with van der Waals surface area (Å²) in [6.07, 6.45) is 0. The van der Waals surface area contributed by atoms with Crippen LogP contribution in [0.2, 0.25) is 0 Å². The molecule has 0 aromatic heterocycles. The summed E-state index contributed by atoms with van der Waals surface area (Å²) in [5.41, 5.74) is 4.94. The molecule has 0 spiro atoms. The van der Waals surface area contributed by atoms with Crippen LogP contribution in [0.1, 0.15) is 0 Å². The molecule has 7 aromatic carbocycles. The van der Waals surface area contributed by atoms with Crippen molar-refractivity contribution in [2.45, 2.75) is 0 Å². The number of rotatable bonds is 2. The summed E-state index contributed by atoms with van der Waals surface area (Å²) in [5, 5.41) is 10.3. The number of hydrogen-bond donors (Lipinski definition) is 0. The summed E-state index contributed by atoms with van der Waals surface area (Å²) in [7, 11) is 0. The first-order chi connectivity index (χ1) is 17.2. The summed E-state index contributed by atoms with van der Waals surface area (Å²) in [6, 6.07) is 46.5. The van der Waals surface area contributed by atoms with Gasteiger partial charge in [0.15, 0.2) is 0 Å². The Morgan fingerprint density at radius 1 is 0.314 bits per heavy atom. The third-order valence-electron chi connectivity index (χ3n) is 7.08. The lowest BCUT2D eigenvalue weighted by atomic mass is 9.93. The SMILES string of the molecule is Brc1cccc(-c2ccc3cc(-c4ccc5ccc6c7ccccc7ccc6c5c4)ccc3c2)c1. The Kier molecular flexibility index (Phi) is 4.72. The van der Waals surface area contributed by atoms with E-state index in [1.54, 1.807) is 0 Å². The van der Waals surface area contributed by atoms with Crippen molar-refractivity contribution in [1.29, 1.82) is 0 Å². The van der Waals surface area contributed by atoms with Gasteiger partial charge in [-0.05, 0) is 95.7 Å². The van der Waals surface area contributed by atoms with E-state index >= 15 is 0 Å². The van der Waals surface area contributed by atoms with Crippen LogP contribution >= 0.6 is 15.9 Å². The second kappa shape index (κ2) is 8.08. The second-order valence-electron chi connectivity index (χ2n) is 9.17. The zero-order chi connectivity index (χ0) is 23.4. The molecule has 0 N–H and O–H groups in total. The Hall–Kier alpha value is -3.94. The Bertz CT molecular complexity index is 1910. The van der Waals surface area contributed by atoms with Gasteiger partial charge >= 0.3 is 0 Å². The molecule has 7 rings (SSSR count). The molecule has 0 fully saturated rings. The maximum atomic E-state index is 3.59. The van der Waals surface area contributed by atoms with Crippen LogP contribution in [0, 0.1) is 0 Å². The fourth-order valence-corrected chi connectivity index (χ4v) is 5.67. The van der Waals surface area contributed by atoms with Crippen molar-refractivity contribution < 1.29 is 0 Å². The van der Waals surface area contributed by atoms with Crippen LogP contribution in [0.3, 0.4) is 0 Å². The van der Waals surface area contributed by atoms with Gasteiger partial charge < -0.3 is 0 Å². The van der Waals surface area contributed by atoms with Gasteiger partial charge in [-0.3, -0.25) is 0 Å².